The van der Waals surface area contributed by atoms with E-state index in [-0.39, 0.29) is 24.0 Å². The van der Waals surface area contributed by atoms with Crippen molar-refractivity contribution in [2.75, 3.05) is 7.11 Å². The van der Waals surface area contributed by atoms with E-state index in [0.29, 0.717) is 0 Å². The monoisotopic (exact) mass is 396 g/mol. The lowest BCUT2D eigenvalue weighted by Crippen LogP contribution is -2.31. The average molecular weight is 396 g/mol. The molecule has 0 spiro atoms. The summed E-state index contributed by atoms with van der Waals surface area (Å²) in [4.78, 5) is 24.4. The first-order valence-corrected chi connectivity index (χ1v) is 9.61. The summed E-state index contributed by atoms with van der Waals surface area (Å²) in [5.74, 6) is -1.92. The van der Waals surface area contributed by atoms with Crippen LogP contribution in [0, 0.1) is 17.7 Å². The van der Waals surface area contributed by atoms with Gasteiger partial charge in [0.05, 0.1) is 19.4 Å². The van der Waals surface area contributed by atoms with Crippen LogP contribution >= 0.6 is 0 Å². The number of carbonyl (C=O) groups is 2. The molecule has 0 saturated heterocycles. The average Bonchev–Trinajstić information content (AvgIpc) is 2.52. The Morgan fingerprint density at radius 1 is 1.11 bits per heavy atom. The van der Waals surface area contributed by atoms with Gasteiger partial charge in [0.1, 0.15) is 11.7 Å². The Hall–Kier alpha value is -2.11. The van der Waals surface area contributed by atoms with E-state index >= 15 is 0 Å². The molecule has 158 valence electrons. The highest BCUT2D eigenvalue weighted by Crippen LogP contribution is 2.32. The smallest absolute Gasteiger partial charge is 0.309 e. The molecule has 1 rings (SSSR count). The maximum Gasteiger partial charge on any atom is 0.309 e. The van der Waals surface area contributed by atoms with Crippen molar-refractivity contribution in [3.63, 3.8) is 0 Å². The Balaban J connectivity index is 2.83. The summed E-state index contributed by atoms with van der Waals surface area (Å²) < 4.78 is 30.0. The molecule has 0 amide bonds. The maximum absolute atomic E-state index is 14.1. The lowest BCUT2D eigenvalue weighted by Gasteiger charge is -2.29. The third-order valence-electron chi connectivity index (χ3n) is 4.38. The SMILES string of the molecule is COc1ccc([C@H](C(C)C)[C@H](C)OC(=O)[C@H](C)CC(=O)OC(C)(C)C)cc1F. The van der Waals surface area contributed by atoms with Crippen molar-refractivity contribution in [2.24, 2.45) is 11.8 Å². The van der Waals surface area contributed by atoms with Crippen LogP contribution < -0.4 is 4.74 Å². The van der Waals surface area contributed by atoms with Gasteiger partial charge < -0.3 is 14.2 Å². The molecule has 5 nitrogen and oxygen atoms in total. The van der Waals surface area contributed by atoms with Crippen LogP contribution in [0.3, 0.4) is 0 Å². The van der Waals surface area contributed by atoms with Gasteiger partial charge in [0.15, 0.2) is 11.6 Å². The van der Waals surface area contributed by atoms with Crippen LogP contribution in [0.5, 0.6) is 5.75 Å². The number of esters is 2. The van der Waals surface area contributed by atoms with E-state index in [1.54, 1.807) is 46.8 Å². The zero-order valence-electron chi connectivity index (χ0n) is 18.2. The molecule has 28 heavy (non-hydrogen) atoms. The number of ether oxygens (including phenoxy) is 3. The topological polar surface area (TPSA) is 61.8 Å². The van der Waals surface area contributed by atoms with Gasteiger partial charge in [-0.1, -0.05) is 26.8 Å². The van der Waals surface area contributed by atoms with E-state index < -0.39 is 35.4 Å². The lowest BCUT2D eigenvalue weighted by atomic mass is 9.84. The third-order valence-corrected chi connectivity index (χ3v) is 4.38. The van der Waals surface area contributed by atoms with Gasteiger partial charge in [-0.15, -0.1) is 0 Å². The largest absolute Gasteiger partial charge is 0.494 e. The minimum atomic E-state index is -0.627. The predicted octanol–water partition coefficient (Wildman–Crippen LogP) is 4.87. The zero-order valence-corrected chi connectivity index (χ0v) is 18.2. The van der Waals surface area contributed by atoms with Gasteiger partial charge in [0, 0.05) is 5.92 Å². The Kier molecular flexibility index (Phi) is 8.46. The molecular formula is C22H33FO5. The van der Waals surface area contributed by atoms with E-state index in [1.807, 2.05) is 13.8 Å². The number of rotatable bonds is 8. The van der Waals surface area contributed by atoms with Crippen molar-refractivity contribution in [2.45, 2.75) is 72.5 Å². The fraction of sp³-hybridized carbons (Fsp3) is 0.636. The van der Waals surface area contributed by atoms with E-state index in [4.69, 9.17) is 14.2 Å². The van der Waals surface area contributed by atoms with Crippen LogP contribution in [0.15, 0.2) is 18.2 Å². The van der Waals surface area contributed by atoms with Crippen molar-refractivity contribution in [1.82, 2.24) is 0 Å². The first kappa shape index (κ1) is 23.9. The van der Waals surface area contributed by atoms with E-state index in [9.17, 15) is 14.0 Å². The molecular weight excluding hydrogens is 363 g/mol. The van der Waals surface area contributed by atoms with Crippen LogP contribution in [0.1, 0.15) is 66.4 Å². The number of hydrogen-bond donors (Lipinski definition) is 0. The minimum absolute atomic E-state index is 0.0493. The van der Waals surface area contributed by atoms with E-state index in [1.165, 1.54) is 13.2 Å². The molecule has 3 atom stereocenters. The molecule has 0 aromatic heterocycles. The van der Waals surface area contributed by atoms with Crippen LogP contribution in [0.2, 0.25) is 0 Å². The van der Waals surface area contributed by atoms with Gasteiger partial charge in [-0.3, -0.25) is 9.59 Å². The highest BCUT2D eigenvalue weighted by molar-refractivity contribution is 5.80. The molecule has 0 bridgehead atoms. The Labute approximate surface area is 167 Å². The van der Waals surface area contributed by atoms with Crippen molar-refractivity contribution in [3.05, 3.63) is 29.6 Å². The molecule has 1 aromatic rings. The molecule has 0 aliphatic rings. The number of methoxy groups -OCH3 is 1. The fourth-order valence-corrected chi connectivity index (χ4v) is 3.18. The number of carbonyl (C=O) groups excluding carboxylic acids is 2. The Morgan fingerprint density at radius 3 is 2.18 bits per heavy atom. The maximum atomic E-state index is 14.1. The van der Waals surface area contributed by atoms with Crippen LogP contribution in [0.4, 0.5) is 4.39 Å². The lowest BCUT2D eigenvalue weighted by molar-refractivity contribution is -0.163. The van der Waals surface area contributed by atoms with Crippen molar-refractivity contribution >= 4 is 11.9 Å². The summed E-state index contributed by atoms with van der Waals surface area (Å²) in [6.45, 7) is 12.7. The predicted molar refractivity (Wildman–Crippen MR) is 106 cm³/mol. The summed E-state index contributed by atoms with van der Waals surface area (Å²) in [6, 6.07) is 4.76. The first-order valence-electron chi connectivity index (χ1n) is 9.61. The first-order chi connectivity index (χ1) is 12.9. The van der Waals surface area contributed by atoms with E-state index in [2.05, 4.69) is 0 Å². The summed E-state index contributed by atoms with van der Waals surface area (Å²) >= 11 is 0. The second kappa shape index (κ2) is 9.89. The fourth-order valence-electron chi connectivity index (χ4n) is 3.18. The van der Waals surface area contributed by atoms with Gasteiger partial charge in [0.25, 0.3) is 0 Å². The molecule has 0 heterocycles. The second-order valence-electron chi connectivity index (χ2n) is 8.50. The van der Waals surface area contributed by atoms with Gasteiger partial charge in [-0.25, -0.2) is 4.39 Å². The second-order valence-corrected chi connectivity index (χ2v) is 8.50. The number of hydrogen-bond acceptors (Lipinski definition) is 5. The summed E-state index contributed by atoms with van der Waals surface area (Å²) in [6.07, 6.45) is -0.534. The summed E-state index contributed by atoms with van der Waals surface area (Å²) in [5, 5.41) is 0. The Bertz CT molecular complexity index is 678. The van der Waals surface area contributed by atoms with E-state index in [0.717, 1.165) is 5.56 Å². The normalized spacial score (nSPS) is 14.9. The molecule has 0 unspecified atom stereocenters. The number of halogens is 1. The van der Waals surface area contributed by atoms with Crippen LogP contribution in [0.25, 0.3) is 0 Å². The van der Waals surface area contributed by atoms with Crippen LogP contribution in [-0.4, -0.2) is 30.8 Å². The summed E-state index contributed by atoms with van der Waals surface area (Å²) in [5.41, 5.74) is 0.128. The molecule has 0 saturated carbocycles. The Morgan fingerprint density at radius 2 is 1.71 bits per heavy atom. The molecule has 1 aromatic carbocycles. The highest BCUT2D eigenvalue weighted by atomic mass is 19.1. The standard InChI is InChI=1S/C22H33FO5/c1-13(2)20(16-9-10-18(26-8)17(23)12-16)15(4)27-21(25)14(3)11-19(24)28-22(5,6)7/h9-10,12-15,20H,11H2,1-8H3/t14-,15+,20-/m1/s1. The number of benzene rings is 1. The molecule has 0 fully saturated rings. The minimum Gasteiger partial charge on any atom is -0.494 e. The van der Waals surface area contributed by atoms with Crippen molar-refractivity contribution in [1.29, 1.82) is 0 Å². The quantitative estimate of drug-likeness (QED) is 0.587. The van der Waals surface area contributed by atoms with Gasteiger partial charge in [-0.05, 0) is 51.3 Å². The highest BCUT2D eigenvalue weighted by Gasteiger charge is 2.30. The van der Waals surface area contributed by atoms with Crippen LogP contribution in [-0.2, 0) is 19.1 Å². The molecule has 0 radical (unpaired) electrons. The zero-order chi connectivity index (χ0) is 21.6. The van der Waals surface area contributed by atoms with Gasteiger partial charge >= 0.3 is 11.9 Å². The van der Waals surface area contributed by atoms with Crippen molar-refractivity contribution < 1.29 is 28.2 Å². The van der Waals surface area contributed by atoms with Gasteiger partial charge in [-0.2, -0.15) is 0 Å². The molecule has 0 aliphatic heterocycles. The summed E-state index contributed by atoms with van der Waals surface area (Å²) in [7, 11) is 1.41. The molecule has 0 aliphatic carbocycles. The molecule has 0 N–H and O–H groups in total. The third kappa shape index (κ3) is 7.13. The van der Waals surface area contributed by atoms with Gasteiger partial charge in [0.2, 0.25) is 0 Å². The molecule has 6 heteroatoms. The van der Waals surface area contributed by atoms with Crippen molar-refractivity contribution in [3.8, 4) is 5.75 Å².